The number of nitrogens with one attached hydrogen (secondary N) is 1. The molecule has 1 aromatic rings. The Morgan fingerprint density at radius 3 is 2.61 bits per heavy atom. The zero-order valence-electron chi connectivity index (χ0n) is 11.6. The molecule has 4 heteroatoms. The van der Waals surface area contributed by atoms with Crippen LogP contribution < -0.4 is 14.8 Å². The lowest BCUT2D eigenvalue weighted by Crippen LogP contribution is -2.28. The Morgan fingerprint density at radius 1 is 1.33 bits per heavy atom. The molecule has 0 aromatic heterocycles. The molecule has 0 spiro atoms. The van der Waals surface area contributed by atoms with E-state index in [1.807, 2.05) is 18.2 Å². The smallest absolute Gasteiger partial charge is 0.165 e. The highest BCUT2D eigenvalue weighted by molar-refractivity contribution is 5.46. The van der Waals surface area contributed by atoms with Crippen LogP contribution >= 0.6 is 0 Å². The van der Waals surface area contributed by atoms with Crippen molar-refractivity contribution in [3.63, 3.8) is 0 Å². The number of benzene rings is 1. The van der Waals surface area contributed by atoms with Gasteiger partial charge in [0.15, 0.2) is 11.5 Å². The van der Waals surface area contributed by atoms with Crippen molar-refractivity contribution in [3.05, 3.63) is 23.8 Å². The summed E-state index contributed by atoms with van der Waals surface area (Å²) < 4.78 is 11.0. The second-order valence-corrected chi connectivity index (χ2v) is 4.83. The lowest BCUT2D eigenvalue weighted by atomic mass is 10.1. The van der Waals surface area contributed by atoms with Crippen molar-refractivity contribution in [1.82, 2.24) is 5.32 Å². The third kappa shape index (κ3) is 4.55. The summed E-state index contributed by atoms with van der Waals surface area (Å²) in [6, 6.07) is 5.78. The molecule has 4 nitrogen and oxygen atoms in total. The Labute approximate surface area is 109 Å². The van der Waals surface area contributed by atoms with Gasteiger partial charge in [0.05, 0.1) is 12.7 Å². The van der Waals surface area contributed by atoms with E-state index in [0.717, 1.165) is 18.7 Å². The lowest BCUT2D eigenvalue weighted by Gasteiger charge is -2.21. The van der Waals surface area contributed by atoms with E-state index in [9.17, 15) is 5.11 Å². The minimum atomic E-state index is -0.865. The zero-order valence-corrected chi connectivity index (χ0v) is 11.6. The number of ether oxygens (including phenoxy) is 2. The first-order valence-corrected chi connectivity index (χ1v) is 6.19. The Kier molecular flexibility index (Phi) is 5.44. The third-order valence-electron chi connectivity index (χ3n) is 2.42. The number of para-hydroxylation sites is 1. The normalized spacial score (nSPS) is 11.4. The fourth-order valence-corrected chi connectivity index (χ4v) is 1.53. The average molecular weight is 253 g/mol. The van der Waals surface area contributed by atoms with E-state index in [0.29, 0.717) is 11.5 Å². The minimum Gasteiger partial charge on any atom is -0.493 e. The van der Waals surface area contributed by atoms with Crippen molar-refractivity contribution in [3.8, 4) is 11.5 Å². The van der Waals surface area contributed by atoms with Crippen molar-refractivity contribution in [1.29, 1.82) is 0 Å². The topological polar surface area (TPSA) is 50.7 Å². The van der Waals surface area contributed by atoms with Crippen LogP contribution in [-0.4, -0.2) is 31.0 Å². The van der Waals surface area contributed by atoms with Gasteiger partial charge in [-0.1, -0.05) is 19.1 Å². The quantitative estimate of drug-likeness (QED) is 0.780. The Balaban J connectivity index is 2.89. The van der Waals surface area contributed by atoms with Crippen LogP contribution in [0.5, 0.6) is 11.5 Å². The predicted octanol–water partition coefficient (Wildman–Crippen LogP) is 1.95. The number of methoxy groups -OCH3 is 1. The maximum atomic E-state index is 9.73. The molecule has 0 atom stereocenters. The van der Waals surface area contributed by atoms with Gasteiger partial charge in [-0.25, -0.2) is 0 Å². The van der Waals surface area contributed by atoms with Crippen molar-refractivity contribution in [2.45, 2.75) is 32.9 Å². The van der Waals surface area contributed by atoms with Gasteiger partial charge >= 0.3 is 0 Å². The van der Waals surface area contributed by atoms with Crippen LogP contribution in [0.25, 0.3) is 0 Å². The fourth-order valence-electron chi connectivity index (χ4n) is 1.53. The minimum absolute atomic E-state index is 0.229. The molecular formula is C14H23NO3. The van der Waals surface area contributed by atoms with E-state index in [1.54, 1.807) is 21.0 Å². The molecule has 0 aliphatic heterocycles. The molecular weight excluding hydrogens is 230 g/mol. The number of hydrogen-bond acceptors (Lipinski definition) is 4. The molecule has 0 aliphatic rings. The number of hydrogen-bond donors (Lipinski definition) is 2. The molecule has 0 radical (unpaired) electrons. The van der Waals surface area contributed by atoms with Gasteiger partial charge in [0, 0.05) is 12.1 Å². The van der Waals surface area contributed by atoms with Crippen molar-refractivity contribution in [2.24, 2.45) is 0 Å². The first-order chi connectivity index (χ1) is 8.48. The number of aliphatic hydroxyl groups is 1. The number of rotatable bonds is 7. The van der Waals surface area contributed by atoms with E-state index in [1.165, 1.54) is 0 Å². The first kappa shape index (κ1) is 14.8. The summed E-state index contributed by atoms with van der Waals surface area (Å²) in [7, 11) is 1.61. The van der Waals surface area contributed by atoms with Gasteiger partial charge in [0.2, 0.25) is 0 Å². The molecule has 0 saturated heterocycles. The summed E-state index contributed by atoms with van der Waals surface area (Å²) >= 11 is 0. The highest BCUT2D eigenvalue weighted by Gasteiger charge is 2.17. The molecule has 0 amide bonds. The summed E-state index contributed by atoms with van der Waals surface area (Å²) in [4.78, 5) is 0. The Morgan fingerprint density at radius 2 is 2.06 bits per heavy atom. The van der Waals surface area contributed by atoms with Crippen LogP contribution in [0, 0.1) is 0 Å². The van der Waals surface area contributed by atoms with Gasteiger partial charge in [0.25, 0.3) is 0 Å². The summed E-state index contributed by atoms with van der Waals surface area (Å²) in [5.74, 6) is 1.39. The Hall–Kier alpha value is -1.26. The standard InChI is InChI=1S/C14H23NO3/c1-5-15-9-11-7-6-8-12(17-4)13(11)18-10-14(2,3)16/h6-8,15-16H,5,9-10H2,1-4H3. The lowest BCUT2D eigenvalue weighted by molar-refractivity contribution is 0.0272. The Bertz CT molecular complexity index is 372. The molecule has 2 N–H and O–H groups in total. The van der Waals surface area contributed by atoms with Gasteiger partial charge in [-0.2, -0.15) is 0 Å². The van der Waals surface area contributed by atoms with Crippen LogP contribution in [0.4, 0.5) is 0 Å². The van der Waals surface area contributed by atoms with Gasteiger partial charge in [0.1, 0.15) is 6.61 Å². The van der Waals surface area contributed by atoms with Crippen molar-refractivity contribution < 1.29 is 14.6 Å². The van der Waals surface area contributed by atoms with E-state index < -0.39 is 5.60 Å². The second kappa shape index (κ2) is 6.61. The van der Waals surface area contributed by atoms with Gasteiger partial charge in [-0.3, -0.25) is 0 Å². The van der Waals surface area contributed by atoms with Gasteiger partial charge in [-0.05, 0) is 26.5 Å². The van der Waals surface area contributed by atoms with Crippen molar-refractivity contribution in [2.75, 3.05) is 20.3 Å². The van der Waals surface area contributed by atoms with Crippen molar-refractivity contribution >= 4 is 0 Å². The highest BCUT2D eigenvalue weighted by atomic mass is 16.5. The molecule has 1 rings (SSSR count). The molecule has 0 bridgehead atoms. The highest BCUT2D eigenvalue weighted by Crippen LogP contribution is 2.31. The van der Waals surface area contributed by atoms with Crippen LogP contribution in [0.2, 0.25) is 0 Å². The van der Waals surface area contributed by atoms with E-state index in [4.69, 9.17) is 9.47 Å². The monoisotopic (exact) mass is 253 g/mol. The molecule has 1 aromatic carbocycles. The summed E-state index contributed by atoms with van der Waals surface area (Å²) in [6.45, 7) is 7.32. The van der Waals surface area contributed by atoms with E-state index in [2.05, 4.69) is 12.2 Å². The van der Waals surface area contributed by atoms with E-state index in [-0.39, 0.29) is 6.61 Å². The van der Waals surface area contributed by atoms with E-state index >= 15 is 0 Å². The third-order valence-corrected chi connectivity index (χ3v) is 2.42. The van der Waals surface area contributed by atoms with Gasteiger partial charge < -0.3 is 19.9 Å². The maximum absolute atomic E-state index is 9.73. The predicted molar refractivity (Wildman–Crippen MR) is 72.2 cm³/mol. The summed E-state index contributed by atoms with van der Waals surface area (Å²) in [5.41, 5.74) is 0.163. The molecule has 0 heterocycles. The maximum Gasteiger partial charge on any atom is 0.165 e. The fraction of sp³-hybridized carbons (Fsp3) is 0.571. The molecule has 0 aliphatic carbocycles. The summed E-state index contributed by atoms with van der Waals surface area (Å²) in [5, 5.41) is 13.0. The first-order valence-electron chi connectivity index (χ1n) is 6.19. The van der Waals surface area contributed by atoms with Crippen LogP contribution in [-0.2, 0) is 6.54 Å². The molecule has 102 valence electrons. The average Bonchev–Trinajstić information content (AvgIpc) is 2.32. The molecule has 0 fully saturated rings. The summed E-state index contributed by atoms with van der Waals surface area (Å²) in [6.07, 6.45) is 0. The second-order valence-electron chi connectivity index (χ2n) is 4.83. The van der Waals surface area contributed by atoms with Gasteiger partial charge in [-0.15, -0.1) is 0 Å². The van der Waals surface area contributed by atoms with Crippen LogP contribution in [0.1, 0.15) is 26.3 Å². The molecule has 18 heavy (non-hydrogen) atoms. The van der Waals surface area contributed by atoms with Crippen LogP contribution in [0.3, 0.4) is 0 Å². The SMILES string of the molecule is CCNCc1cccc(OC)c1OCC(C)(C)O. The van der Waals surface area contributed by atoms with Crippen LogP contribution in [0.15, 0.2) is 18.2 Å². The zero-order chi connectivity index (χ0) is 13.6. The largest absolute Gasteiger partial charge is 0.493 e. The molecule has 0 saturated carbocycles. The molecule has 0 unspecified atom stereocenters.